The van der Waals surface area contributed by atoms with Crippen LogP contribution in [0.2, 0.25) is 0 Å². The van der Waals surface area contributed by atoms with Gasteiger partial charge in [0.1, 0.15) is 0 Å². The number of hydrogen-bond acceptors (Lipinski definition) is 3. The minimum Gasteiger partial charge on any atom is -0.229 e. The van der Waals surface area contributed by atoms with Crippen LogP contribution < -0.4 is 0 Å². The van der Waals surface area contributed by atoms with E-state index in [1.54, 1.807) is 0 Å². The van der Waals surface area contributed by atoms with Gasteiger partial charge in [0.2, 0.25) is 0 Å². The lowest BCUT2D eigenvalue weighted by atomic mass is 9.92. The van der Waals surface area contributed by atoms with Crippen LogP contribution in [-0.4, -0.2) is 36.3 Å². The van der Waals surface area contributed by atoms with Gasteiger partial charge < -0.3 is 0 Å². The van der Waals surface area contributed by atoms with Gasteiger partial charge in [-0.1, -0.05) is 15.9 Å². The Kier molecular flexibility index (Phi) is 4.05. The lowest BCUT2D eigenvalue weighted by Crippen LogP contribution is -2.28. The first-order valence-electron chi connectivity index (χ1n) is 5.51. The molecule has 88 valence electrons. The van der Waals surface area contributed by atoms with Crippen molar-refractivity contribution in [3.8, 4) is 0 Å². The normalized spacial score (nSPS) is 37.7. The smallest absolute Gasteiger partial charge is 0.150 e. The zero-order valence-corrected chi connectivity index (χ0v) is 11.9. The van der Waals surface area contributed by atoms with Gasteiger partial charge in [-0.05, 0) is 42.6 Å². The molecule has 2 fully saturated rings. The molecule has 0 saturated carbocycles. The summed E-state index contributed by atoms with van der Waals surface area (Å²) in [5.41, 5.74) is 0. The second kappa shape index (κ2) is 4.96. The van der Waals surface area contributed by atoms with E-state index in [1.807, 2.05) is 11.8 Å². The van der Waals surface area contributed by atoms with Gasteiger partial charge in [0.05, 0.1) is 11.5 Å². The highest BCUT2D eigenvalue weighted by molar-refractivity contribution is 9.09. The Hall–Kier alpha value is 0.780. The Balaban J connectivity index is 1.93. The summed E-state index contributed by atoms with van der Waals surface area (Å²) in [6.07, 6.45) is 3.41. The van der Waals surface area contributed by atoms with Gasteiger partial charge in [0.15, 0.2) is 9.84 Å². The van der Waals surface area contributed by atoms with Gasteiger partial charge in [-0.3, -0.25) is 0 Å². The maximum Gasteiger partial charge on any atom is 0.150 e. The fourth-order valence-electron chi connectivity index (χ4n) is 2.48. The van der Waals surface area contributed by atoms with E-state index in [4.69, 9.17) is 0 Å². The average Bonchev–Trinajstić information content (AvgIpc) is 2.59. The van der Waals surface area contributed by atoms with Crippen LogP contribution in [0, 0.1) is 11.8 Å². The first-order chi connectivity index (χ1) is 7.08. The summed E-state index contributed by atoms with van der Waals surface area (Å²) in [6.45, 7) is 0. The summed E-state index contributed by atoms with van der Waals surface area (Å²) < 4.78 is 22.8. The Morgan fingerprint density at radius 2 is 2.07 bits per heavy atom. The Bertz CT molecular complexity index is 309. The van der Waals surface area contributed by atoms with E-state index in [1.165, 1.54) is 24.3 Å². The molecular weight excluding hydrogens is 296 g/mol. The van der Waals surface area contributed by atoms with Crippen LogP contribution in [-0.2, 0) is 9.84 Å². The summed E-state index contributed by atoms with van der Waals surface area (Å²) >= 11 is 5.75. The van der Waals surface area contributed by atoms with Crippen LogP contribution in [0.4, 0.5) is 0 Å². The van der Waals surface area contributed by atoms with Crippen molar-refractivity contribution in [3.63, 3.8) is 0 Å². The molecule has 2 rings (SSSR count). The van der Waals surface area contributed by atoms with Gasteiger partial charge in [-0.15, -0.1) is 0 Å². The molecule has 3 unspecified atom stereocenters. The summed E-state index contributed by atoms with van der Waals surface area (Å²) in [4.78, 5) is 0.419. The van der Waals surface area contributed by atoms with Crippen molar-refractivity contribution in [2.75, 3.05) is 23.0 Å². The van der Waals surface area contributed by atoms with Gasteiger partial charge in [-0.25, -0.2) is 8.42 Å². The Morgan fingerprint density at radius 3 is 2.60 bits per heavy atom. The van der Waals surface area contributed by atoms with Crippen LogP contribution in [0.3, 0.4) is 0 Å². The van der Waals surface area contributed by atoms with Crippen molar-refractivity contribution >= 4 is 37.5 Å². The predicted octanol–water partition coefficient (Wildman–Crippen LogP) is 2.33. The molecule has 2 heterocycles. The van der Waals surface area contributed by atoms with Crippen molar-refractivity contribution < 1.29 is 8.42 Å². The SMILES string of the molecule is O=S1(=O)CCC(C(Br)C2CCCSC2)C1. The lowest BCUT2D eigenvalue weighted by molar-refractivity contribution is 0.419. The van der Waals surface area contributed by atoms with E-state index in [-0.39, 0.29) is 0 Å². The van der Waals surface area contributed by atoms with Crippen LogP contribution in [0.25, 0.3) is 0 Å². The second-order valence-corrected chi connectivity index (χ2v) is 9.02. The second-order valence-electron chi connectivity index (χ2n) is 4.58. The minimum atomic E-state index is -2.72. The van der Waals surface area contributed by atoms with Crippen LogP contribution in [0.1, 0.15) is 19.3 Å². The number of sulfone groups is 1. The maximum absolute atomic E-state index is 11.4. The number of hydrogen-bond donors (Lipinski definition) is 0. The number of halogens is 1. The molecule has 0 aliphatic carbocycles. The molecule has 0 bridgehead atoms. The third-order valence-corrected chi connectivity index (χ3v) is 7.89. The summed E-state index contributed by atoms with van der Waals surface area (Å²) in [5.74, 6) is 4.33. The first kappa shape index (κ1) is 12.2. The summed E-state index contributed by atoms with van der Waals surface area (Å²) in [7, 11) is -2.72. The molecule has 0 spiro atoms. The molecule has 2 aliphatic rings. The molecule has 15 heavy (non-hydrogen) atoms. The van der Waals surface area contributed by atoms with Crippen LogP contribution in [0.5, 0.6) is 0 Å². The molecule has 0 N–H and O–H groups in total. The zero-order chi connectivity index (χ0) is 10.9. The highest BCUT2D eigenvalue weighted by Gasteiger charge is 2.36. The highest BCUT2D eigenvalue weighted by atomic mass is 79.9. The van der Waals surface area contributed by atoms with Crippen LogP contribution in [0.15, 0.2) is 0 Å². The van der Waals surface area contributed by atoms with Crippen LogP contribution >= 0.6 is 27.7 Å². The molecule has 2 aliphatic heterocycles. The molecule has 2 nitrogen and oxygen atoms in total. The maximum atomic E-state index is 11.4. The van der Waals surface area contributed by atoms with Gasteiger partial charge >= 0.3 is 0 Å². The van der Waals surface area contributed by atoms with E-state index < -0.39 is 9.84 Å². The Labute approximate surface area is 105 Å². The zero-order valence-electron chi connectivity index (χ0n) is 8.69. The number of thioether (sulfide) groups is 1. The van der Waals surface area contributed by atoms with Crippen molar-refractivity contribution in [1.29, 1.82) is 0 Å². The summed E-state index contributed by atoms with van der Waals surface area (Å²) in [5, 5.41) is 0. The molecule has 0 radical (unpaired) electrons. The third kappa shape index (κ3) is 3.13. The molecule has 0 aromatic carbocycles. The molecule has 0 aromatic heterocycles. The largest absolute Gasteiger partial charge is 0.229 e. The van der Waals surface area contributed by atoms with E-state index >= 15 is 0 Å². The lowest BCUT2D eigenvalue weighted by Gasteiger charge is -2.29. The molecule has 3 atom stereocenters. The summed E-state index contributed by atoms with van der Waals surface area (Å²) in [6, 6.07) is 0. The first-order valence-corrected chi connectivity index (χ1v) is 9.40. The number of alkyl halides is 1. The van der Waals surface area contributed by atoms with Gasteiger partial charge in [0.25, 0.3) is 0 Å². The highest BCUT2D eigenvalue weighted by Crippen LogP contribution is 2.36. The molecular formula is C10H17BrO2S2. The number of rotatable bonds is 2. The van der Waals surface area contributed by atoms with E-state index in [2.05, 4.69) is 15.9 Å². The van der Waals surface area contributed by atoms with Gasteiger partial charge in [0, 0.05) is 4.83 Å². The fraction of sp³-hybridized carbons (Fsp3) is 1.00. The quantitative estimate of drug-likeness (QED) is 0.734. The molecule has 0 aromatic rings. The molecule has 0 amide bonds. The van der Waals surface area contributed by atoms with Gasteiger partial charge in [-0.2, -0.15) is 11.8 Å². The van der Waals surface area contributed by atoms with Crippen molar-refractivity contribution in [2.24, 2.45) is 11.8 Å². The fourth-order valence-corrected chi connectivity index (χ4v) is 6.94. The van der Waals surface area contributed by atoms with E-state index in [0.29, 0.717) is 28.2 Å². The van der Waals surface area contributed by atoms with E-state index in [0.717, 1.165) is 6.42 Å². The third-order valence-electron chi connectivity index (χ3n) is 3.36. The van der Waals surface area contributed by atoms with Crippen molar-refractivity contribution in [2.45, 2.75) is 24.1 Å². The van der Waals surface area contributed by atoms with Crippen molar-refractivity contribution in [1.82, 2.24) is 0 Å². The van der Waals surface area contributed by atoms with E-state index in [9.17, 15) is 8.42 Å². The molecule has 5 heteroatoms. The topological polar surface area (TPSA) is 34.1 Å². The Morgan fingerprint density at radius 1 is 1.27 bits per heavy atom. The van der Waals surface area contributed by atoms with Crippen molar-refractivity contribution in [3.05, 3.63) is 0 Å². The standard InChI is InChI=1S/C10H17BrO2S2/c11-10(8-2-1-4-14-6-8)9-3-5-15(12,13)7-9/h8-10H,1-7H2. The molecule has 2 saturated heterocycles. The average molecular weight is 313 g/mol. The minimum absolute atomic E-state index is 0.360. The predicted molar refractivity (Wildman–Crippen MR) is 69.5 cm³/mol. The monoisotopic (exact) mass is 312 g/mol.